The van der Waals surface area contributed by atoms with Crippen molar-refractivity contribution in [1.29, 1.82) is 5.26 Å². The lowest BCUT2D eigenvalue weighted by Crippen LogP contribution is -2.32. The number of benzene rings is 1. The molecular formula is C15H16F3N5. The molecule has 0 aliphatic carbocycles. The van der Waals surface area contributed by atoms with E-state index in [-0.39, 0.29) is 12.5 Å². The van der Waals surface area contributed by atoms with Crippen molar-refractivity contribution in [2.45, 2.75) is 37.6 Å². The van der Waals surface area contributed by atoms with Crippen molar-refractivity contribution in [2.75, 3.05) is 0 Å². The summed E-state index contributed by atoms with van der Waals surface area (Å²) in [6.45, 7) is 0.308. The Labute approximate surface area is 131 Å². The van der Waals surface area contributed by atoms with E-state index in [1.165, 1.54) is 0 Å². The van der Waals surface area contributed by atoms with Gasteiger partial charge in [-0.25, -0.2) is 10.9 Å². The number of aromatic nitrogens is 1. The molecule has 1 aromatic heterocycles. The maximum Gasteiger partial charge on any atom is 0.389 e. The number of rotatable bonds is 4. The monoisotopic (exact) mass is 323 g/mol. The maximum atomic E-state index is 12.3. The molecule has 5 nitrogen and oxygen atoms in total. The second-order valence-corrected chi connectivity index (χ2v) is 5.54. The molecule has 3 N–H and O–H groups in total. The molecule has 122 valence electrons. The van der Waals surface area contributed by atoms with Gasteiger partial charge in [-0.05, 0) is 29.5 Å². The van der Waals surface area contributed by atoms with Crippen LogP contribution >= 0.6 is 0 Å². The Morgan fingerprint density at radius 3 is 2.78 bits per heavy atom. The fourth-order valence-electron chi connectivity index (χ4n) is 2.79. The molecule has 1 aliphatic heterocycles. The van der Waals surface area contributed by atoms with E-state index in [0.717, 1.165) is 16.5 Å². The lowest BCUT2D eigenvalue weighted by Gasteiger charge is -2.13. The third kappa shape index (κ3) is 3.47. The number of nitrogens with one attached hydrogen (secondary N) is 3. The zero-order valence-electron chi connectivity index (χ0n) is 12.2. The van der Waals surface area contributed by atoms with Crippen LogP contribution in [0.15, 0.2) is 30.5 Å². The van der Waals surface area contributed by atoms with Gasteiger partial charge in [-0.15, -0.1) is 0 Å². The summed E-state index contributed by atoms with van der Waals surface area (Å²) in [5, 5.41) is 10.1. The number of hydrogen-bond acceptors (Lipinski definition) is 4. The number of aryl methyl sites for hydroxylation is 1. The van der Waals surface area contributed by atoms with Crippen LogP contribution in [0.25, 0.3) is 10.9 Å². The summed E-state index contributed by atoms with van der Waals surface area (Å²) in [6.07, 6.45) is -3.07. The predicted octanol–water partition coefficient (Wildman–Crippen LogP) is 2.53. The number of nitrogens with zero attached hydrogens (tertiary/aromatic N) is 2. The summed E-state index contributed by atoms with van der Waals surface area (Å²) in [4.78, 5) is 0. The number of halogens is 3. The molecule has 3 rings (SSSR count). The van der Waals surface area contributed by atoms with Crippen molar-refractivity contribution < 1.29 is 13.2 Å². The van der Waals surface area contributed by atoms with Gasteiger partial charge >= 0.3 is 6.18 Å². The third-order valence-corrected chi connectivity index (χ3v) is 3.94. The first-order valence-corrected chi connectivity index (χ1v) is 7.29. The van der Waals surface area contributed by atoms with Gasteiger partial charge in [-0.1, -0.05) is 12.1 Å². The first kappa shape index (κ1) is 15.8. The van der Waals surface area contributed by atoms with Gasteiger partial charge in [0.15, 0.2) is 0 Å². The Kier molecular flexibility index (Phi) is 4.26. The van der Waals surface area contributed by atoms with Crippen LogP contribution < -0.4 is 16.4 Å². The van der Waals surface area contributed by atoms with Gasteiger partial charge < -0.3 is 4.57 Å². The van der Waals surface area contributed by atoms with E-state index in [9.17, 15) is 13.2 Å². The molecule has 2 unspecified atom stereocenters. The molecule has 8 heteroatoms. The first-order chi connectivity index (χ1) is 11.0. The van der Waals surface area contributed by atoms with Gasteiger partial charge in [0.25, 0.3) is 0 Å². The topological polar surface area (TPSA) is 64.8 Å². The van der Waals surface area contributed by atoms with Gasteiger partial charge in [-0.2, -0.15) is 24.0 Å². The average molecular weight is 323 g/mol. The van der Waals surface area contributed by atoms with Gasteiger partial charge in [0.2, 0.25) is 0 Å². The molecule has 2 atom stereocenters. The number of alkyl halides is 3. The second kappa shape index (κ2) is 6.20. The Morgan fingerprint density at radius 2 is 2.04 bits per heavy atom. The van der Waals surface area contributed by atoms with Crippen molar-refractivity contribution in [3.8, 4) is 6.07 Å². The summed E-state index contributed by atoms with van der Waals surface area (Å²) in [6, 6.07) is 9.15. The number of hydrogen-bond donors (Lipinski definition) is 3. The lowest BCUT2D eigenvalue weighted by molar-refractivity contribution is -0.135. The second-order valence-electron chi connectivity index (χ2n) is 5.54. The van der Waals surface area contributed by atoms with Gasteiger partial charge in [0.05, 0.1) is 12.1 Å². The zero-order valence-corrected chi connectivity index (χ0v) is 12.2. The van der Waals surface area contributed by atoms with Crippen LogP contribution in [0.5, 0.6) is 0 Å². The van der Waals surface area contributed by atoms with E-state index in [4.69, 9.17) is 5.26 Å². The molecule has 0 radical (unpaired) electrons. The van der Waals surface area contributed by atoms with Crippen molar-refractivity contribution in [1.82, 2.24) is 21.0 Å². The molecule has 1 fully saturated rings. The van der Waals surface area contributed by atoms with Crippen LogP contribution in [0.1, 0.15) is 24.4 Å². The van der Waals surface area contributed by atoms with Crippen LogP contribution in [0.4, 0.5) is 13.2 Å². The maximum absolute atomic E-state index is 12.3. The van der Waals surface area contributed by atoms with E-state index in [0.29, 0.717) is 6.54 Å². The van der Waals surface area contributed by atoms with Crippen LogP contribution in [0.3, 0.4) is 0 Å². The minimum Gasteiger partial charge on any atom is -0.347 e. The molecule has 0 spiro atoms. The number of hydrazine groups is 2. The number of fused-ring (bicyclic) bond motifs is 1. The summed E-state index contributed by atoms with van der Waals surface area (Å²) >= 11 is 0. The highest BCUT2D eigenvalue weighted by Gasteiger charge is 2.28. The van der Waals surface area contributed by atoms with E-state index >= 15 is 0 Å². The van der Waals surface area contributed by atoms with Crippen LogP contribution in [-0.4, -0.2) is 16.8 Å². The van der Waals surface area contributed by atoms with E-state index in [1.54, 1.807) is 6.20 Å². The third-order valence-electron chi connectivity index (χ3n) is 3.94. The summed E-state index contributed by atoms with van der Waals surface area (Å²) in [5.41, 5.74) is 10.3. The quantitative estimate of drug-likeness (QED) is 0.809. The largest absolute Gasteiger partial charge is 0.389 e. The lowest BCUT2D eigenvalue weighted by atomic mass is 10.0. The Bertz CT molecular complexity index is 731. The molecule has 2 heterocycles. The van der Waals surface area contributed by atoms with Crippen LogP contribution in [0, 0.1) is 11.3 Å². The van der Waals surface area contributed by atoms with E-state index < -0.39 is 18.6 Å². The molecule has 2 aromatic rings. The standard InChI is InChI=1S/C15H16F3N5/c16-15(17,18)5-1-6-23-7-4-10-2-3-11(8-13(10)23)14-12(9-19)20-22-21-14/h2-4,7-8,12,14,20-22H,1,5-6H2. The van der Waals surface area contributed by atoms with Gasteiger partial charge in [-0.3, -0.25) is 0 Å². The summed E-state index contributed by atoms with van der Waals surface area (Å²) in [7, 11) is 0. The fraction of sp³-hybridized carbons (Fsp3) is 0.400. The van der Waals surface area contributed by atoms with Gasteiger partial charge in [0.1, 0.15) is 6.04 Å². The van der Waals surface area contributed by atoms with Crippen LogP contribution in [0.2, 0.25) is 0 Å². The number of nitriles is 1. The van der Waals surface area contributed by atoms with E-state index in [1.807, 2.05) is 28.8 Å². The molecule has 0 bridgehead atoms. The Hall–Kier alpha value is -2.08. The average Bonchev–Trinajstić information content (AvgIpc) is 3.12. The van der Waals surface area contributed by atoms with Gasteiger partial charge in [0, 0.05) is 24.7 Å². The molecule has 23 heavy (non-hydrogen) atoms. The molecule has 1 saturated heterocycles. The molecule has 1 aliphatic rings. The van der Waals surface area contributed by atoms with Crippen LogP contribution in [-0.2, 0) is 6.54 Å². The molecule has 0 amide bonds. The normalized spacial score (nSPS) is 21.7. The highest BCUT2D eigenvalue weighted by molar-refractivity contribution is 5.81. The molecular weight excluding hydrogens is 307 g/mol. The van der Waals surface area contributed by atoms with Crippen molar-refractivity contribution in [3.63, 3.8) is 0 Å². The zero-order chi connectivity index (χ0) is 16.4. The Morgan fingerprint density at radius 1 is 1.22 bits per heavy atom. The minimum atomic E-state index is -4.13. The summed E-state index contributed by atoms with van der Waals surface area (Å²) < 4.78 is 38.7. The highest BCUT2D eigenvalue weighted by Crippen LogP contribution is 2.26. The fourth-order valence-corrected chi connectivity index (χ4v) is 2.79. The highest BCUT2D eigenvalue weighted by atomic mass is 19.4. The first-order valence-electron chi connectivity index (χ1n) is 7.29. The molecule has 0 saturated carbocycles. The molecule has 1 aromatic carbocycles. The predicted molar refractivity (Wildman–Crippen MR) is 78.8 cm³/mol. The summed E-state index contributed by atoms with van der Waals surface area (Å²) in [5.74, 6) is 0. The van der Waals surface area contributed by atoms with Crippen molar-refractivity contribution in [2.24, 2.45) is 0 Å². The SMILES string of the molecule is N#CC1NNNC1c1ccc2ccn(CCCC(F)(F)F)c2c1. The van der Waals surface area contributed by atoms with E-state index in [2.05, 4.69) is 22.5 Å². The smallest absolute Gasteiger partial charge is 0.347 e. The van der Waals surface area contributed by atoms with Crippen molar-refractivity contribution in [3.05, 3.63) is 36.0 Å². The Balaban J connectivity index is 1.81. The minimum absolute atomic E-state index is 0.0448. The van der Waals surface area contributed by atoms with Crippen molar-refractivity contribution >= 4 is 10.9 Å².